The number of aliphatic imine (C=N–C) groups is 1. The number of carboxylic acid groups (broad SMARTS) is 1. The van der Waals surface area contributed by atoms with Crippen molar-refractivity contribution in [2.75, 3.05) is 12.4 Å². The molecule has 1 N–H and O–H groups in total. The van der Waals surface area contributed by atoms with Gasteiger partial charge in [-0.15, -0.1) is 0 Å². The number of amidine groups is 1. The fraction of sp³-hybridized carbons (Fsp3) is 0.526. The summed E-state index contributed by atoms with van der Waals surface area (Å²) in [6.45, 7) is 6.88. The van der Waals surface area contributed by atoms with Crippen LogP contribution < -0.4 is 0 Å². The molecule has 0 spiro atoms. The first-order valence-electron chi connectivity index (χ1n) is 9.00. The Morgan fingerprint density at radius 1 is 1.45 bits per heavy atom. The Morgan fingerprint density at radius 2 is 2.14 bits per heavy atom. The molecule has 10 heteroatoms. The van der Waals surface area contributed by atoms with E-state index in [1.807, 2.05) is 6.92 Å². The molecule has 0 aromatic heterocycles. The van der Waals surface area contributed by atoms with Crippen LogP contribution in [0.15, 0.2) is 27.7 Å². The third-order valence-electron chi connectivity index (χ3n) is 4.79. The molecule has 0 unspecified atom stereocenters. The van der Waals surface area contributed by atoms with E-state index in [2.05, 4.69) is 20.9 Å². The Labute approximate surface area is 180 Å². The Bertz CT molecular complexity index is 875. The highest BCUT2D eigenvalue weighted by Crippen LogP contribution is 2.49. The summed E-state index contributed by atoms with van der Waals surface area (Å²) in [6.07, 6.45) is -2.77. The van der Waals surface area contributed by atoms with Crippen molar-refractivity contribution < 1.29 is 28.6 Å². The monoisotopic (exact) mass is 488 g/mol. The number of carbonyl (C=O) groups is 2. The van der Waals surface area contributed by atoms with Gasteiger partial charge in [0.1, 0.15) is 17.0 Å². The van der Waals surface area contributed by atoms with Crippen LogP contribution in [0.25, 0.3) is 0 Å². The molecule has 29 heavy (non-hydrogen) atoms. The Hall–Kier alpha value is -1.65. The lowest BCUT2D eigenvalue weighted by Gasteiger charge is -2.37. The summed E-state index contributed by atoms with van der Waals surface area (Å²) >= 11 is 4.47. The number of thioether (sulfide) groups is 1. The van der Waals surface area contributed by atoms with E-state index >= 15 is 0 Å². The van der Waals surface area contributed by atoms with Crippen LogP contribution in [0.2, 0.25) is 0 Å². The highest BCUT2D eigenvalue weighted by Gasteiger charge is 2.54. The highest BCUT2D eigenvalue weighted by molar-refractivity contribution is 9.10. The van der Waals surface area contributed by atoms with E-state index in [1.54, 1.807) is 32.9 Å². The molecule has 7 nitrogen and oxygen atoms in total. The van der Waals surface area contributed by atoms with Crippen molar-refractivity contribution >= 4 is 45.0 Å². The number of rotatable bonds is 1. The average Bonchev–Trinajstić information content (AvgIpc) is 2.92. The number of amides is 2. The molecule has 1 fully saturated rings. The summed E-state index contributed by atoms with van der Waals surface area (Å²) in [4.78, 5) is 29.5. The van der Waals surface area contributed by atoms with E-state index in [1.165, 1.54) is 6.07 Å². The quantitative estimate of drug-likeness (QED) is 0.608. The number of hydrogen-bond acceptors (Lipinski definition) is 6. The van der Waals surface area contributed by atoms with E-state index in [-0.39, 0.29) is 23.8 Å². The lowest BCUT2D eigenvalue weighted by molar-refractivity contribution is 0.0382. The van der Waals surface area contributed by atoms with Crippen molar-refractivity contribution in [2.45, 2.75) is 44.9 Å². The number of ether oxygens (including phenoxy) is 2. The summed E-state index contributed by atoms with van der Waals surface area (Å²) in [5.74, 6) is -0.238. The molecule has 2 heterocycles. The Kier molecular flexibility index (Phi) is 5.99. The lowest BCUT2D eigenvalue weighted by atomic mass is 9.79. The number of carbonyl (C=O) groups excluding carboxylic acids is 1. The molecular weight excluding hydrogens is 467 g/mol. The van der Waals surface area contributed by atoms with Crippen LogP contribution in [0.5, 0.6) is 0 Å². The molecule has 158 valence electrons. The van der Waals surface area contributed by atoms with Crippen LogP contribution in [-0.4, -0.2) is 51.4 Å². The first-order valence-corrected chi connectivity index (χ1v) is 10.8. The van der Waals surface area contributed by atoms with Gasteiger partial charge in [-0.1, -0.05) is 27.7 Å². The molecule has 2 amide bonds. The normalized spacial score (nSPS) is 26.5. The first-order chi connectivity index (χ1) is 13.4. The summed E-state index contributed by atoms with van der Waals surface area (Å²) in [7, 11) is 0. The molecule has 3 atom stereocenters. The first kappa shape index (κ1) is 22.0. The van der Waals surface area contributed by atoms with Gasteiger partial charge in [0.2, 0.25) is 0 Å². The molecule has 0 saturated carbocycles. The van der Waals surface area contributed by atoms with Crippen LogP contribution in [0.3, 0.4) is 0 Å². The van der Waals surface area contributed by atoms with Crippen LogP contribution >= 0.6 is 27.7 Å². The van der Waals surface area contributed by atoms with Gasteiger partial charge < -0.3 is 14.6 Å². The number of benzene rings is 1. The molecule has 0 bridgehead atoms. The van der Waals surface area contributed by atoms with E-state index < -0.39 is 29.1 Å². The van der Waals surface area contributed by atoms with Gasteiger partial charge in [0.25, 0.3) is 0 Å². The van der Waals surface area contributed by atoms with Crippen LogP contribution in [-0.2, 0) is 15.0 Å². The Morgan fingerprint density at radius 3 is 2.76 bits per heavy atom. The summed E-state index contributed by atoms with van der Waals surface area (Å²) in [5, 5.41) is 9.60. The van der Waals surface area contributed by atoms with E-state index in [0.717, 1.165) is 11.8 Å². The van der Waals surface area contributed by atoms with Crippen molar-refractivity contribution in [3.05, 3.63) is 34.1 Å². The smallest absolute Gasteiger partial charge is 0.426 e. The molecular formula is C19H22BrFN2O5S. The second-order valence-corrected chi connectivity index (χ2v) is 9.88. The average molecular weight is 489 g/mol. The second-order valence-electron chi connectivity index (χ2n) is 7.97. The van der Waals surface area contributed by atoms with Gasteiger partial charge in [-0.25, -0.2) is 19.0 Å². The SMILES string of the molecule is C[C@H]1OC[C@]2(c3cc(Br)ccc3F)N=C(N(C(=O)O)C(=O)OC(C)(C)C)SC[C@H]12. The third kappa shape index (κ3) is 4.29. The second kappa shape index (κ2) is 7.88. The summed E-state index contributed by atoms with van der Waals surface area (Å²) in [5.41, 5.74) is -1.72. The molecule has 1 aromatic rings. The largest absolute Gasteiger partial charge is 0.464 e. The van der Waals surface area contributed by atoms with Crippen LogP contribution in [0, 0.1) is 11.7 Å². The van der Waals surface area contributed by atoms with Gasteiger partial charge in [-0.2, -0.15) is 4.90 Å². The summed E-state index contributed by atoms with van der Waals surface area (Å²) < 4.78 is 26.5. The maximum atomic E-state index is 14.8. The molecule has 2 aliphatic heterocycles. The predicted octanol–water partition coefficient (Wildman–Crippen LogP) is 4.84. The number of halogens is 2. The predicted molar refractivity (Wildman–Crippen MR) is 111 cm³/mol. The van der Waals surface area contributed by atoms with Gasteiger partial charge in [-0.05, 0) is 45.9 Å². The zero-order valence-corrected chi connectivity index (χ0v) is 18.8. The van der Waals surface area contributed by atoms with Crippen molar-refractivity contribution in [3.63, 3.8) is 0 Å². The molecule has 3 rings (SSSR count). The highest BCUT2D eigenvalue weighted by atomic mass is 79.9. The van der Waals surface area contributed by atoms with Crippen LogP contribution in [0.1, 0.15) is 33.3 Å². The standard InChI is InChI=1S/C19H22BrFN2O5S/c1-10-13-8-29-15(23(16(24)25)17(26)28-18(2,3)4)22-19(13,9-27-10)12-7-11(20)5-6-14(12)21/h5-7,10,13H,8-9H2,1-4H3,(H,24,25)/t10-,13-,19-/m1/s1. The van der Waals surface area contributed by atoms with Crippen molar-refractivity contribution in [1.82, 2.24) is 4.90 Å². The molecule has 1 aromatic carbocycles. The third-order valence-corrected chi connectivity index (χ3v) is 6.34. The number of fused-ring (bicyclic) bond motifs is 1. The van der Waals surface area contributed by atoms with Crippen molar-refractivity contribution in [1.29, 1.82) is 0 Å². The molecule has 0 radical (unpaired) electrons. The van der Waals surface area contributed by atoms with Gasteiger partial charge >= 0.3 is 12.2 Å². The minimum Gasteiger partial charge on any atom is -0.464 e. The molecule has 1 saturated heterocycles. The minimum absolute atomic E-state index is 0.0555. The Balaban J connectivity index is 2.11. The maximum Gasteiger partial charge on any atom is 0.426 e. The van der Waals surface area contributed by atoms with Crippen LogP contribution in [0.4, 0.5) is 14.0 Å². The zero-order chi connectivity index (χ0) is 21.6. The van der Waals surface area contributed by atoms with Gasteiger partial charge in [0, 0.05) is 21.7 Å². The van der Waals surface area contributed by atoms with Gasteiger partial charge in [0.05, 0.1) is 12.7 Å². The van der Waals surface area contributed by atoms with E-state index in [9.17, 15) is 19.1 Å². The van der Waals surface area contributed by atoms with E-state index in [0.29, 0.717) is 20.7 Å². The fourth-order valence-electron chi connectivity index (χ4n) is 3.45. The number of imide groups is 1. The van der Waals surface area contributed by atoms with Gasteiger partial charge in [-0.3, -0.25) is 0 Å². The number of hydrogen-bond donors (Lipinski definition) is 1. The minimum atomic E-state index is -1.51. The summed E-state index contributed by atoms with van der Waals surface area (Å²) in [6, 6.07) is 4.53. The van der Waals surface area contributed by atoms with Crippen molar-refractivity contribution in [3.8, 4) is 0 Å². The van der Waals surface area contributed by atoms with Crippen molar-refractivity contribution in [2.24, 2.45) is 10.9 Å². The zero-order valence-electron chi connectivity index (χ0n) is 16.4. The molecule has 2 aliphatic rings. The molecule has 0 aliphatic carbocycles. The number of nitrogens with zero attached hydrogens (tertiary/aromatic N) is 2. The van der Waals surface area contributed by atoms with E-state index in [4.69, 9.17) is 9.47 Å². The fourth-order valence-corrected chi connectivity index (χ4v) is 5.20. The van der Waals surface area contributed by atoms with Gasteiger partial charge in [0.15, 0.2) is 5.17 Å². The topological polar surface area (TPSA) is 88.4 Å². The maximum absolute atomic E-state index is 14.8. The lowest BCUT2D eigenvalue weighted by Crippen LogP contribution is -2.48.